The van der Waals surface area contributed by atoms with Crippen molar-refractivity contribution in [3.63, 3.8) is 0 Å². The van der Waals surface area contributed by atoms with Gasteiger partial charge in [0, 0.05) is 12.8 Å². The summed E-state index contributed by atoms with van der Waals surface area (Å²) in [6, 6.07) is 0. The summed E-state index contributed by atoms with van der Waals surface area (Å²) in [6.07, 6.45) is 4.14. The molecule has 2 atom stereocenters. The zero-order chi connectivity index (χ0) is 15.8. The van der Waals surface area contributed by atoms with Crippen LogP contribution in [-0.4, -0.2) is 60.4 Å². The molecule has 0 aliphatic heterocycles. The molecule has 6 nitrogen and oxygen atoms in total. The Morgan fingerprint density at radius 1 is 1.57 bits per heavy atom. The number of nitrogens with zero attached hydrogens (tertiary/aromatic N) is 3. The molecule has 0 spiro atoms. The molecule has 0 amide bonds. The van der Waals surface area contributed by atoms with Crippen molar-refractivity contribution in [3.8, 4) is 0 Å². The van der Waals surface area contributed by atoms with E-state index in [-0.39, 0.29) is 0 Å². The predicted octanol–water partition coefficient (Wildman–Crippen LogP) is 0.883. The Kier molecular flexibility index (Phi) is 4.68. The first kappa shape index (κ1) is 16.7. The van der Waals surface area contributed by atoms with Gasteiger partial charge in [-0.1, -0.05) is 11.6 Å². The minimum atomic E-state index is -3.36. The van der Waals surface area contributed by atoms with Crippen molar-refractivity contribution in [2.24, 2.45) is 0 Å². The topological polar surface area (TPSA) is 75.4 Å². The van der Waals surface area contributed by atoms with Crippen molar-refractivity contribution in [1.82, 2.24) is 14.7 Å². The maximum absolute atomic E-state index is 12.0. The predicted molar refractivity (Wildman–Crippen MR) is 82.2 cm³/mol. The number of halogens is 1. The Bertz CT molecular complexity index is 614. The number of likely N-dealkylation sites (N-methyl/N-ethyl adjacent to an activating group) is 1. The zero-order valence-corrected chi connectivity index (χ0v) is 14.2. The highest BCUT2D eigenvalue weighted by Crippen LogP contribution is 2.44. The monoisotopic (exact) mass is 335 g/mol. The molecule has 2 rings (SSSR count). The van der Waals surface area contributed by atoms with E-state index in [1.54, 1.807) is 4.68 Å². The van der Waals surface area contributed by atoms with E-state index in [1.807, 2.05) is 19.0 Å². The lowest BCUT2D eigenvalue weighted by Crippen LogP contribution is -2.42. The van der Waals surface area contributed by atoms with Gasteiger partial charge in [0.15, 0.2) is 9.84 Å². The van der Waals surface area contributed by atoms with E-state index in [0.717, 1.165) is 6.54 Å². The van der Waals surface area contributed by atoms with Crippen LogP contribution < -0.4 is 0 Å². The van der Waals surface area contributed by atoms with E-state index in [1.165, 1.54) is 12.5 Å². The number of hydrogen-bond donors (Lipinski definition) is 1. The van der Waals surface area contributed by atoms with Crippen LogP contribution in [0.1, 0.15) is 25.0 Å². The summed E-state index contributed by atoms with van der Waals surface area (Å²) in [5.41, 5.74) is -1.02. The average molecular weight is 336 g/mol. The van der Waals surface area contributed by atoms with Crippen LogP contribution in [0, 0.1) is 0 Å². The van der Waals surface area contributed by atoms with E-state index in [0.29, 0.717) is 36.5 Å². The second-order valence-electron chi connectivity index (χ2n) is 6.00. The highest BCUT2D eigenvalue weighted by molar-refractivity contribution is 7.91. The highest BCUT2D eigenvalue weighted by Gasteiger charge is 2.51. The van der Waals surface area contributed by atoms with Crippen LogP contribution in [0.3, 0.4) is 0 Å². The first-order chi connectivity index (χ1) is 9.66. The van der Waals surface area contributed by atoms with Gasteiger partial charge in [0.05, 0.1) is 28.7 Å². The molecule has 1 saturated carbocycles. The molecule has 1 aromatic rings. The van der Waals surface area contributed by atoms with E-state index >= 15 is 0 Å². The zero-order valence-electron chi connectivity index (χ0n) is 12.6. The molecule has 21 heavy (non-hydrogen) atoms. The van der Waals surface area contributed by atoms with Crippen molar-refractivity contribution < 1.29 is 13.5 Å². The van der Waals surface area contributed by atoms with Gasteiger partial charge in [0.25, 0.3) is 0 Å². The Balaban J connectivity index is 2.42. The molecule has 1 heterocycles. The van der Waals surface area contributed by atoms with E-state index in [4.69, 9.17) is 11.6 Å². The standard InChI is InChI=1S/C13H22ClN3O3S/c1-16(2)7-8-17-12(10(14)9-15-17)13(18)6-4-5-11(13)21(3,19)20/h9,11,18H,4-8H2,1-3H3. The Labute approximate surface area is 130 Å². The van der Waals surface area contributed by atoms with Gasteiger partial charge in [-0.3, -0.25) is 4.68 Å². The Morgan fingerprint density at radius 2 is 2.24 bits per heavy atom. The van der Waals surface area contributed by atoms with E-state index in [9.17, 15) is 13.5 Å². The SMILES string of the molecule is CN(C)CCn1ncc(Cl)c1C1(O)CCCC1S(C)(=O)=O. The summed E-state index contributed by atoms with van der Waals surface area (Å²) in [4.78, 5) is 1.99. The van der Waals surface area contributed by atoms with Crippen LogP contribution in [0.2, 0.25) is 5.02 Å². The minimum absolute atomic E-state index is 0.326. The summed E-state index contributed by atoms with van der Waals surface area (Å²) in [5.74, 6) is 0. The molecule has 0 aromatic carbocycles. The molecule has 1 N–H and O–H groups in total. The van der Waals surface area contributed by atoms with Crippen LogP contribution >= 0.6 is 11.6 Å². The van der Waals surface area contributed by atoms with Gasteiger partial charge in [-0.25, -0.2) is 8.42 Å². The number of rotatable bonds is 5. The molecular formula is C13H22ClN3O3S. The fourth-order valence-corrected chi connectivity index (χ4v) is 4.89. The third kappa shape index (κ3) is 3.26. The molecule has 0 saturated heterocycles. The maximum Gasteiger partial charge on any atom is 0.153 e. The van der Waals surface area contributed by atoms with E-state index in [2.05, 4.69) is 5.10 Å². The third-order valence-corrected chi connectivity index (χ3v) is 5.97. The average Bonchev–Trinajstić information content (AvgIpc) is 2.90. The Morgan fingerprint density at radius 3 is 2.81 bits per heavy atom. The van der Waals surface area contributed by atoms with Crippen molar-refractivity contribution in [2.45, 2.75) is 36.7 Å². The van der Waals surface area contributed by atoms with Gasteiger partial charge in [-0.05, 0) is 33.4 Å². The molecule has 120 valence electrons. The van der Waals surface area contributed by atoms with Gasteiger partial charge in [0.2, 0.25) is 0 Å². The number of aliphatic hydroxyl groups is 1. The minimum Gasteiger partial charge on any atom is -0.382 e. The van der Waals surface area contributed by atoms with Crippen LogP contribution in [0.4, 0.5) is 0 Å². The first-order valence-corrected chi connectivity index (χ1v) is 9.27. The Hall–Kier alpha value is -0.630. The van der Waals surface area contributed by atoms with Crippen molar-refractivity contribution in [3.05, 3.63) is 16.9 Å². The fraction of sp³-hybridized carbons (Fsp3) is 0.769. The number of aromatic nitrogens is 2. The van der Waals surface area contributed by atoms with Crippen LogP contribution in [0.25, 0.3) is 0 Å². The fourth-order valence-electron chi connectivity index (χ4n) is 3.05. The van der Waals surface area contributed by atoms with Crippen LogP contribution in [0.15, 0.2) is 6.20 Å². The quantitative estimate of drug-likeness (QED) is 0.864. The van der Waals surface area contributed by atoms with Crippen molar-refractivity contribution in [2.75, 3.05) is 26.9 Å². The number of hydrogen-bond acceptors (Lipinski definition) is 5. The summed E-state index contributed by atoms with van der Waals surface area (Å²) in [7, 11) is 0.517. The van der Waals surface area contributed by atoms with Crippen molar-refractivity contribution in [1.29, 1.82) is 0 Å². The largest absolute Gasteiger partial charge is 0.382 e. The molecule has 0 bridgehead atoms. The lowest BCUT2D eigenvalue weighted by Gasteiger charge is -2.30. The smallest absolute Gasteiger partial charge is 0.153 e. The molecule has 1 fully saturated rings. The third-order valence-electron chi connectivity index (χ3n) is 4.04. The molecule has 1 aliphatic rings. The van der Waals surface area contributed by atoms with Gasteiger partial charge < -0.3 is 10.0 Å². The second kappa shape index (κ2) is 5.87. The molecule has 8 heteroatoms. The van der Waals surface area contributed by atoms with Crippen LogP contribution in [-0.2, 0) is 22.0 Å². The van der Waals surface area contributed by atoms with E-state index < -0.39 is 20.7 Å². The van der Waals surface area contributed by atoms with Gasteiger partial charge in [0.1, 0.15) is 5.60 Å². The summed E-state index contributed by atoms with van der Waals surface area (Å²) in [6.45, 7) is 1.28. The van der Waals surface area contributed by atoms with Gasteiger partial charge in [-0.2, -0.15) is 5.10 Å². The summed E-state index contributed by atoms with van der Waals surface area (Å²) < 4.78 is 25.6. The van der Waals surface area contributed by atoms with Gasteiger partial charge >= 0.3 is 0 Å². The number of sulfone groups is 1. The first-order valence-electron chi connectivity index (χ1n) is 6.94. The molecular weight excluding hydrogens is 314 g/mol. The normalized spacial score (nSPS) is 26.7. The van der Waals surface area contributed by atoms with Crippen LogP contribution in [0.5, 0.6) is 0 Å². The summed E-state index contributed by atoms with van der Waals surface area (Å²) >= 11 is 6.19. The molecule has 1 aliphatic carbocycles. The molecule has 0 radical (unpaired) electrons. The molecule has 2 unspecified atom stereocenters. The second-order valence-corrected chi connectivity index (χ2v) is 8.64. The van der Waals surface area contributed by atoms with Gasteiger partial charge in [-0.15, -0.1) is 0 Å². The van der Waals surface area contributed by atoms with Crippen molar-refractivity contribution >= 4 is 21.4 Å². The lowest BCUT2D eigenvalue weighted by molar-refractivity contribution is 0.0379. The maximum atomic E-state index is 12.0. The lowest BCUT2D eigenvalue weighted by atomic mass is 9.97. The summed E-state index contributed by atoms with van der Waals surface area (Å²) in [5, 5.41) is 14.7. The molecule has 1 aromatic heterocycles. The highest BCUT2D eigenvalue weighted by atomic mass is 35.5.